The maximum absolute atomic E-state index is 12.5. The molecule has 2 aromatic rings. The first-order chi connectivity index (χ1) is 12.5. The molecule has 1 heterocycles. The van der Waals surface area contributed by atoms with Crippen LogP contribution >= 0.6 is 11.3 Å². The number of hydrogen-bond acceptors (Lipinski definition) is 5. The van der Waals surface area contributed by atoms with Crippen LogP contribution in [0.1, 0.15) is 50.9 Å². The van der Waals surface area contributed by atoms with Gasteiger partial charge in [0.05, 0.1) is 5.56 Å². The van der Waals surface area contributed by atoms with Gasteiger partial charge in [-0.1, -0.05) is 0 Å². The van der Waals surface area contributed by atoms with E-state index in [-0.39, 0.29) is 5.91 Å². The van der Waals surface area contributed by atoms with Gasteiger partial charge in [0.15, 0.2) is 6.10 Å². The van der Waals surface area contributed by atoms with Gasteiger partial charge in [-0.3, -0.25) is 14.4 Å². The molecule has 26 heavy (non-hydrogen) atoms. The van der Waals surface area contributed by atoms with E-state index >= 15 is 0 Å². The second-order valence-corrected chi connectivity index (χ2v) is 7.32. The third-order valence-corrected chi connectivity index (χ3v) is 5.56. The number of rotatable bonds is 6. The molecule has 136 valence electrons. The van der Waals surface area contributed by atoms with E-state index in [0.717, 1.165) is 42.4 Å². The number of ether oxygens (including phenoxy) is 1. The lowest BCUT2D eigenvalue weighted by Gasteiger charge is -2.15. The predicted molar refractivity (Wildman–Crippen MR) is 100 cm³/mol. The highest BCUT2D eigenvalue weighted by Crippen LogP contribution is 2.38. The zero-order chi connectivity index (χ0) is 18.7. The van der Waals surface area contributed by atoms with Crippen molar-refractivity contribution in [2.45, 2.75) is 38.7 Å². The molecule has 0 saturated heterocycles. The van der Waals surface area contributed by atoms with E-state index in [0.29, 0.717) is 21.9 Å². The van der Waals surface area contributed by atoms with E-state index in [1.807, 2.05) is 0 Å². The maximum Gasteiger partial charge on any atom is 0.265 e. The lowest BCUT2D eigenvalue weighted by Crippen LogP contribution is -2.30. The average Bonchev–Trinajstić information content (AvgIpc) is 3.00. The van der Waals surface area contributed by atoms with Crippen molar-refractivity contribution in [3.8, 4) is 5.75 Å². The Morgan fingerprint density at radius 1 is 1.23 bits per heavy atom. The summed E-state index contributed by atoms with van der Waals surface area (Å²) in [5.74, 6) is -0.387. The molecule has 0 aliphatic heterocycles. The summed E-state index contributed by atoms with van der Waals surface area (Å²) >= 11 is 1.42. The second-order valence-electron chi connectivity index (χ2n) is 6.22. The van der Waals surface area contributed by atoms with Gasteiger partial charge in [-0.05, 0) is 62.4 Å². The Morgan fingerprint density at radius 3 is 2.58 bits per heavy atom. The molecule has 3 rings (SSSR count). The first-order valence-corrected chi connectivity index (χ1v) is 9.28. The molecule has 0 fully saturated rings. The highest BCUT2D eigenvalue weighted by atomic mass is 32.1. The smallest absolute Gasteiger partial charge is 0.265 e. The van der Waals surface area contributed by atoms with Gasteiger partial charge in [-0.2, -0.15) is 0 Å². The summed E-state index contributed by atoms with van der Waals surface area (Å²) in [7, 11) is 0. The van der Waals surface area contributed by atoms with Gasteiger partial charge in [0, 0.05) is 10.4 Å². The number of primary amides is 1. The highest BCUT2D eigenvalue weighted by Gasteiger charge is 2.26. The number of fused-ring (bicyclic) bond motifs is 1. The van der Waals surface area contributed by atoms with Gasteiger partial charge in [0.25, 0.3) is 11.8 Å². The van der Waals surface area contributed by atoms with Crippen LogP contribution in [0.25, 0.3) is 0 Å². The van der Waals surface area contributed by atoms with Crippen molar-refractivity contribution in [1.82, 2.24) is 0 Å². The van der Waals surface area contributed by atoms with Crippen LogP contribution in [-0.4, -0.2) is 24.2 Å². The summed E-state index contributed by atoms with van der Waals surface area (Å²) in [6.45, 7) is 1.63. The van der Waals surface area contributed by atoms with Crippen LogP contribution in [0.2, 0.25) is 0 Å². The van der Waals surface area contributed by atoms with Gasteiger partial charge < -0.3 is 15.8 Å². The van der Waals surface area contributed by atoms with Crippen molar-refractivity contribution < 1.29 is 19.1 Å². The predicted octanol–water partition coefficient (Wildman–Crippen LogP) is 2.94. The monoisotopic (exact) mass is 372 g/mol. The zero-order valence-electron chi connectivity index (χ0n) is 14.4. The SMILES string of the molecule is CC(Oc1ccc(C=O)cc1)C(=O)Nc1sc2c(c1C(N)=O)CCCC2. The summed E-state index contributed by atoms with van der Waals surface area (Å²) in [5.41, 5.74) is 7.48. The van der Waals surface area contributed by atoms with Crippen LogP contribution in [0.5, 0.6) is 5.75 Å². The fraction of sp³-hybridized carbons (Fsp3) is 0.316. The molecule has 0 saturated carbocycles. The number of aryl methyl sites for hydroxylation is 1. The Morgan fingerprint density at radius 2 is 1.92 bits per heavy atom. The number of amides is 2. The number of carbonyl (C=O) groups is 3. The van der Waals surface area contributed by atoms with Crippen molar-refractivity contribution in [3.05, 3.63) is 45.8 Å². The molecule has 1 aromatic carbocycles. The standard InChI is InChI=1S/C19H20N2O4S/c1-11(25-13-8-6-12(10-22)7-9-13)18(24)21-19-16(17(20)23)14-4-2-3-5-15(14)26-19/h6-11H,2-5H2,1H3,(H2,20,23)(H,21,24). The van der Waals surface area contributed by atoms with Crippen molar-refractivity contribution in [1.29, 1.82) is 0 Å². The van der Waals surface area contributed by atoms with Crippen molar-refractivity contribution in [2.24, 2.45) is 5.73 Å². The molecule has 1 aromatic heterocycles. The third-order valence-electron chi connectivity index (χ3n) is 4.35. The fourth-order valence-corrected chi connectivity index (χ4v) is 4.31. The maximum atomic E-state index is 12.5. The number of anilines is 1. The molecular formula is C19H20N2O4S. The van der Waals surface area contributed by atoms with Crippen LogP contribution in [0.4, 0.5) is 5.00 Å². The minimum absolute atomic E-state index is 0.356. The van der Waals surface area contributed by atoms with Crippen molar-refractivity contribution in [2.75, 3.05) is 5.32 Å². The van der Waals surface area contributed by atoms with Crippen LogP contribution in [0.15, 0.2) is 24.3 Å². The largest absolute Gasteiger partial charge is 0.481 e. The summed E-state index contributed by atoms with van der Waals surface area (Å²) in [6.07, 6.45) is 3.80. The lowest BCUT2D eigenvalue weighted by molar-refractivity contribution is -0.122. The molecule has 1 unspecified atom stereocenters. The Balaban J connectivity index is 1.73. The summed E-state index contributed by atoms with van der Waals surface area (Å²) in [4.78, 5) is 36.2. The normalized spacial score (nSPS) is 14.2. The molecule has 0 spiro atoms. The number of carbonyl (C=O) groups excluding carboxylic acids is 3. The third kappa shape index (κ3) is 3.77. The highest BCUT2D eigenvalue weighted by molar-refractivity contribution is 7.17. The molecule has 3 N–H and O–H groups in total. The first-order valence-electron chi connectivity index (χ1n) is 8.46. The minimum Gasteiger partial charge on any atom is -0.481 e. The molecule has 2 amide bonds. The van der Waals surface area contributed by atoms with Crippen LogP contribution in [0, 0.1) is 0 Å². The Labute approximate surface area is 155 Å². The molecule has 0 bridgehead atoms. The van der Waals surface area contributed by atoms with E-state index in [1.165, 1.54) is 11.3 Å². The second kappa shape index (κ2) is 7.70. The molecule has 1 aliphatic carbocycles. The Kier molecular flexibility index (Phi) is 5.37. The molecular weight excluding hydrogens is 352 g/mol. The van der Waals surface area contributed by atoms with Crippen LogP contribution < -0.4 is 15.8 Å². The Hall–Kier alpha value is -2.67. The van der Waals surface area contributed by atoms with Crippen molar-refractivity contribution in [3.63, 3.8) is 0 Å². The fourth-order valence-electron chi connectivity index (χ4n) is 3.01. The lowest BCUT2D eigenvalue weighted by atomic mass is 9.95. The zero-order valence-corrected chi connectivity index (χ0v) is 15.2. The summed E-state index contributed by atoms with van der Waals surface area (Å²) < 4.78 is 5.61. The first kappa shape index (κ1) is 18.1. The van der Waals surface area contributed by atoms with E-state index in [9.17, 15) is 14.4 Å². The molecule has 7 heteroatoms. The van der Waals surface area contributed by atoms with E-state index in [4.69, 9.17) is 10.5 Å². The van der Waals surface area contributed by atoms with Gasteiger partial charge >= 0.3 is 0 Å². The summed E-state index contributed by atoms with van der Waals surface area (Å²) in [5, 5.41) is 3.29. The van der Waals surface area contributed by atoms with Gasteiger partial charge in [-0.25, -0.2) is 0 Å². The van der Waals surface area contributed by atoms with E-state index in [1.54, 1.807) is 31.2 Å². The van der Waals surface area contributed by atoms with Crippen molar-refractivity contribution >= 4 is 34.4 Å². The average molecular weight is 372 g/mol. The summed E-state index contributed by atoms with van der Waals surface area (Å²) in [6, 6.07) is 6.50. The molecule has 6 nitrogen and oxygen atoms in total. The number of nitrogens with two attached hydrogens (primary N) is 1. The van der Waals surface area contributed by atoms with E-state index in [2.05, 4.69) is 5.32 Å². The topological polar surface area (TPSA) is 98.5 Å². The van der Waals surface area contributed by atoms with Gasteiger partial charge in [0.2, 0.25) is 0 Å². The molecule has 0 radical (unpaired) electrons. The number of aldehydes is 1. The van der Waals surface area contributed by atoms with Gasteiger partial charge in [0.1, 0.15) is 17.0 Å². The number of thiophene rings is 1. The van der Waals surface area contributed by atoms with Crippen LogP contribution in [0.3, 0.4) is 0 Å². The van der Waals surface area contributed by atoms with Gasteiger partial charge in [-0.15, -0.1) is 11.3 Å². The minimum atomic E-state index is -0.767. The number of hydrogen-bond donors (Lipinski definition) is 2. The number of benzene rings is 1. The molecule has 1 aliphatic rings. The molecule has 1 atom stereocenters. The Bertz CT molecular complexity index is 842. The van der Waals surface area contributed by atoms with E-state index < -0.39 is 12.0 Å². The number of nitrogens with one attached hydrogen (secondary N) is 1. The quantitative estimate of drug-likeness (QED) is 0.762. The van der Waals surface area contributed by atoms with Crippen LogP contribution in [-0.2, 0) is 17.6 Å².